The maximum atomic E-state index is 12.5. The zero-order chi connectivity index (χ0) is 21.1. The molecule has 4 aromatic rings. The van der Waals surface area contributed by atoms with Gasteiger partial charge < -0.3 is 10.2 Å². The average molecular weight is 485 g/mol. The Balaban J connectivity index is 1.48. The van der Waals surface area contributed by atoms with Crippen LogP contribution < -0.4 is 5.32 Å². The second-order valence-electron chi connectivity index (χ2n) is 7.21. The molecule has 0 bridgehead atoms. The summed E-state index contributed by atoms with van der Waals surface area (Å²) in [5.74, 6) is -0.0164. The zero-order valence-electron chi connectivity index (χ0n) is 17.2. The van der Waals surface area contributed by atoms with E-state index in [0.717, 1.165) is 57.0 Å². The molecule has 5 nitrogen and oxygen atoms in total. The Morgan fingerprint density at radius 2 is 2.03 bits per heavy atom. The fraction of sp³-hybridized carbons (Fsp3) is 0.304. The molecule has 30 heavy (non-hydrogen) atoms. The number of aromatic nitrogens is 2. The number of carbonyl (C=O) groups is 1. The summed E-state index contributed by atoms with van der Waals surface area (Å²) in [4.78, 5) is 20.6. The number of halogens is 1. The number of thiazole rings is 1. The van der Waals surface area contributed by atoms with Crippen molar-refractivity contribution in [1.82, 2.24) is 19.6 Å². The number of rotatable bonds is 8. The molecule has 4 rings (SSSR count). The summed E-state index contributed by atoms with van der Waals surface area (Å²) in [5, 5.41) is 3.04. The summed E-state index contributed by atoms with van der Waals surface area (Å²) >= 11 is 5.12. The molecule has 2 heterocycles. The van der Waals surface area contributed by atoms with E-state index in [1.165, 1.54) is 0 Å². The molecule has 0 saturated heterocycles. The van der Waals surface area contributed by atoms with Crippen molar-refractivity contribution in [2.45, 2.75) is 20.3 Å². The summed E-state index contributed by atoms with van der Waals surface area (Å²) in [6.07, 6.45) is 3.02. The van der Waals surface area contributed by atoms with Gasteiger partial charge in [0.25, 0.3) is 5.91 Å². The van der Waals surface area contributed by atoms with E-state index in [2.05, 4.69) is 62.7 Å². The van der Waals surface area contributed by atoms with Gasteiger partial charge in [0.15, 0.2) is 4.96 Å². The molecule has 0 fully saturated rings. The minimum atomic E-state index is -0.0164. The normalized spacial score (nSPS) is 11.6. The van der Waals surface area contributed by atoms with E-state index >= 15 is 0 Å². The number of carbonyl (C=O) groups excluding carboxylic acids is 1. The smallest absolute Gasteiger partial charge is 0.251 e. The number of hydrogen-bond donors (Lipinski definition) is 1. The van der Waals surface area contributed by atoms with Crippen molar-refractivity contribution in [3.63, 3.8) is 0 Å². The predicted molar refractivity (Wildman–Crippen MR) is 128 cm³/mol. The van der Waals surface area contributed by atoms with Crippen LogP contribution in [0.15, 0.2) is 53.1 Å². The van der Waals surface area contributed by atoms with Crippen LogP contribution in [0.3, 0.4) is 0 Å². The average Bonchev–Trinajstić information content (AvgIpc) is 3.31. The van der Waals surface area contributed by atoms with Crippen LogP contribution in [0.2, 0.25) is 0 Å². The first-order chi connectivity index (χ1) is 14.6. The second-order valence-corrected chi connectivity index (χ2v) is 9.13. The van der Waals surface area contributed by atoms with Crippen molar-refractivity contribution in [3.05, 3.63) is 58.7 Å². The first-order valence-electron chi connectivity index (χ1n) is 10.3. The van der Waals surface area contributed by atoms with Gasteiger partial charge in [0.1, 0.15) is 0 Å². The van der Waals surface area contributed by atoms with E-state index in [1.807, 2.05) is 30.3 Å². The highest BCUT2D eigenvalue weighted by Gasteiger charge is 2.13. The zero-order valence-corrected chi connectivity index (χ0v) is 19.6. The van der Waals surface area contributed by atoms with Gasteiger partial charge in [-0.15, -0.1) is 0 Å². The van der Waals surface area contributed by atoms with Crippen LogP contribution in [-0.4, -0.2) is 46.4 Å². The molecule has 0 saturated carbocycles. The van der Waals surface area contributed by atoms with Crippen molar-refractivity contribution in [2.24, 2.45) is 0 Å². The van der Waals surface area contributed by atoms with Crippen LogP contribution in [-0.2, 0) is 0 Å². The Morgan fingerprint density at radius 1 is 1.20 bits per heavy atom. The minimum Gasteiger partial charge on any atom is -0.352 e. The van der Waals surface area contributed by atoms with Gasteiger partial charge in [0.05, 0.1) is 15.9 Å². The van der Waals surface area contributed by atoms with Crippen LogP contribution in [0.4, 0.5) is 0 Å². The van der Waals surface area contributed by atoms with Gasteiger partial charge in [-0.05, 0) is 56.4 Å². The lowest BCUT2D eigenvalue weighted by molar-refractivity contribution is 0.0952. The molecule has 2 aromatic carbocycles. The lowest BCUT2D eigenvalue weighted by atomic mass is 10.2. The maximum Gasteiger partial charge on any atom is 0.251 e. The molecule has 1 amide bonds. The maximum absolute atomic E-state index is 12.5. The summed E-state index contributed by atoms with van der Waals surface area (Å²) in [6.45, 7) is 8.12. The molecule has 1 N–H and O–H groups in total. The number of nitrogens with zero attached hydrogens (tertiary/aromatic N) is 3. The fourth-order valence-electron chi connectivity index (χ4n) is 3.58. The standard InChI is InChI=1S/C23H25BrN4OS/c1-3-27(4-2)12-6-11-25-22(29)17-9-10-20-21(14-17)30-23-26-19(15-28(20)23)16-7-5-8-18(24)13-16/h5,7-10,13-15H,3-4,6,11-12H2,1-2H3,(H,25,29). The van der Waals surface area contributed by atoms with Crippen molar-refractivity contribution in [3.8, 4) is 11.3 Å². The van der Waals surface area contributed by atoms with E-state index in [1.54, 1.807) is 11.3 Å². The monoisotopic (exact) mass is 484 g/mol. The lowest BCUT2D eigenvalue weighted by Crippen LogP contribution is -2.29. The number of fused-ring (bicyclic) bond motifs is 3. The molecule has 2 aromatic heterocycles. The van der Waals surface area contributed by atoms with E-state index in [4.69, 9.17) is 4.98 Å². The summed E-state index contributed by atoms with van der Waals surface area (Å²) < 4.78 is 4.20. The Bertz CT molecular complexity index is 1180. The van der Waals surface area contributed by atoms with E-state index in [9.17, 15) is 4.79 Å². The first-order valence-corrected chi connectivity index (χ1v) is 11.9. The highest BCUT2D eigenvalue weighted by Crippen LogP contribution is 2.30. The first kappa shape index (κ1) is 21.0. The van der Waals surface area contributed by atoms with Gasteiger partial charge in [-0.25, -0.2) is 4.98 Å². The van der Waals surface area contributed by atoms with Crippen LogP contribution in [0.25, 0.3) is 26.4 Å². The van der Waals surface area contributed by atoms with Gasteiger partial charge in [-0.2, -0.15) is 0 Å². The molecular formula is C23H25BrN4OS. The SMILES string of the molecule is CCN(CC)CCCNC(=O)c1ccc2c(c1)sc1nc(-c3cccc(Br)c3)cn12. The third kappa shape index (κ3) is 4.43. The Labute approximate surface area is 188 Å². The molecule has 0 spiro atoms. The number of amides is 1. The van der Waals surface area contributed by atoms with Gasteiger partial charge in [0.2, 0.25) is 0 Å². The van der Waals surface area contributed by atoms with Crippen LogP contribution in [0, 0.1) is 0 Å². The van der Waals surface area contributed by atoms with E-state index < -0.39 is 0 Å². The molecule has 156 valence electrons. The summed E-state index contributed by atoms with van der Waals surface area (Å²) in [5.41, 5.74) is 3.79. The van der Waals surface area contributed by atoms with Gasteiger partial charge >= 0.3 is 0 Å². The van der Waals surface area contributed by atoms with E-state index in [0.29, 0.717) is 12.1 Å². The molecule has 0 radical (unpaired) electrons. The number of hydrogen-bond acceptors (Lipinski definition) is 4. The van der Waals surface area contributed by atoms with Gasteiger partial charge in [0, 0.05) is 28.3 Å². The third-order valence-corrected chi connectivity index (χ3v) is 6.82. The highest BCUT2D eigenvalue weighted by molar-refractivity contribution is 9.10. The molecule has 0 aliphatic heterocycles. The van der Waals surface area contributed by atoms with Crippen LogP contribution in [0.5, 0.6) is 0 Å². The Kier molecular flexibility index (Phi) is 6.51. The Morgan fingerprint density at radius 3 is 2.80 bits per heavy atom. The minimum absolute atomic E-state index is 0.0164. The molecule has 0 aliphatic rings. The largest absolute Gasteiger partial charge is 0.352 e. The summed E-state index contributed by atoms with van der Waals surface area (Å²) in [7, 11) is 0. The molecule has 0 aliphatic carbocycles. The van der Waals surface area contributed by atoms with Gasteiger partial charge in [-0.3, -0.25) is 9.20 Å². The van der Waals surface area contributed by atoms with Crippen LogP contribution in [0.1, 0.15) is 30.6 Å². The third-order valence-electron chi connectivity index (χ3n) is 5.31. The molecule has 0 atom stereocenters. The number of benzene rings is 2. The van der Waals surface area contributed by atoms with Gasteiger partial charge in [-0.1, -0.05) is 53.2 Å². The topological polar surface area (TPSA) is 49.6 Å². The number of imidazole rings is 1. The summed E-state index contributed by atoms with van der Waals surface area (Å²) in [6, 6.07) is 14.0. The molecule has 0 unspecified atom stereocenters. The Hall–Kier alpha value is -2.22. The van der Waals surface area contributed by atoms with Crippen LogP contribution >= 0.6 is 27.3 Å². The van der Waals surface area contributed by atoms with Crippen molar-refractivity contribution in [1.29, 1.82) is 0 Å². The van der Waals surface area contributed by atoms with Crippen molar-refractivity contribution < 1.29 is 4.79 Å². The lowest BCUT2D eigenvalue weighted by Gasteiger charge is -2.17. The van der Waals surface area contributed by atoms with Crippen molar-refractivity contribution >= 4 is 48.4 Å². The molecular weight excluding hydrogens is 460 g/mol. The quantitative estimate of drug-likeness (QED) is 0.338. The molecule has 7 heteroatoms. The number of nitrogens with one attached hydrogen (secondary N) is 1. The predicted octanol–water partition coefficient (Wildman–Crippen LogP) is 5.44. The second kappa shape index (κ2) is 9.29. The van der Waals surface area contributed by atoms with Crippen molar-refractivity contribution in [2.75, 3.05) is 26.2 Å². The van der Waals surface area contributed by atoms with E-state index in [-0.39, 0.29) is 5.91 Å². The highest BCUT2D eigenvalue weighted by atomic mass is 79.9. The fourth-order valence-corrected chi connectivity index (χ4v) is 5.02.